The molecule has 2 heterocycles. The van der Waals surface area contributed by atoms with Crippen molar-refractivity contribution in [3.63, 3.8) is 0 Å². The van der Waals surface area contributed by atoms with Gasteiger partial charge in [0.2, 0.25) is 0 Å². The molecule has 0 radical (unpaired) electrons. The quantitative estimate of drug-likeness (QED) is 0.156. The number of hydrogen-bond donors (Lipinski definition) is 0. The Balaban J connectivity index is 0.903. The lowest BCUT2D eigenvalue weighted by Gasteiger charge is -2.73. The highest BCUT2D eigenvalue weighted by Crippen LogP contribution is 2.75. The molecule has 262 valence electrons. The molecule has 0 bridgehead atoms. The Hall–Kier alpha value is -6.66. The van der Waals surface area contributed by atoms with Gasteiger partial charge < -0.3 is 0 Å². The van der Waals surface area contributed by atoms with Crippen LogP contribution in [0.1, 0.15) is 24.3 Å². The predicted octanol–water partition coefficient (Wildman–Crippen LogP) is 11.1. The zero-order chi connectivity index (χ0) is 36.3. The lowest BCUT2D eigenvalue weighted by molar-refractivity contribution is -0.214. The van der Waals surface area contributed by atoms with Crippen LogP contribution in [0.5, 0.6) is 0 Å². The van der Waals surface area contributed by atoms with E-state index < -0.39 is 0 Å². The van der Waals surface area contributed by atoms with Gasteiger partial charge in [-0.15, -0.1) is 0 Å². The second-order valence-electron chi connectivity index (χ2n) is 15.2. The molecule has 55 heavy (non-hydrogen) atoms. The first-order chi connectivity index (χ1) is 27.2. The fourth-order valence-electron chi connectivity index (χ4n) is 9.28. The Morgan fingerprint density at radius 2 is 0.636 bits per heavy atom. The van der Waals surface area contributed by atoms with Crippen LogP contribution >= 0.6 is 0 Å². The number of aromatic nitrogens is 6. The molecule has 3 aliphatic rings. The van der Waals surface area contributed by atoms with Gasteiger partial charge in [-0.2, -0.15) is 0 Å². The van der Waals surface area contributed by atoms with Crippen LogP contribution in [0.4, 0.5) is 0 Å². The first-order valence-corrected chi connectivity index (χ1v) is 19.2. The highest BCUT2D eigenvalue weighted by Gasteiger charge is 2.67. The smallest absolute Gasteiger partial charge is 0.164 e. The molecule has 2 unspecified atom stereocenters. The number of rotatable bonds is 8. The van der Waals surface area contributed by atoms with E-state index in [9.17, 15) is 0 Å². The van der Waals surface area contributed by atoms with Gasteiger partial charge in [-0.25, -0.2) is 29.9 Å². The molecule has 3 aliphatic carbocycles. The van der Waals surface area contributed by atoms with Crippen LogP contribution in [0.25, 0.3) is 79.5 Å². The van der Waals surface area contributed by atoms with E-state index in [4.69, 9.17) is 29.9 Å². The summed E-state index contributed by atoms with van der Waals surface area (Å²) < 4.78 is 0. The third-order valence-electron chi connectivity index (χ3n) is 12.1. The molecule has 11 rings (SSSR count). The maximum absolute atomic E-state index is 5.08. The largest absolute Gasteiger partial charge is 0.208 e. The van der Waals surface area contributed by atoms with Crippen molar-refractivity contribution < 1.29 is 0 Å². The van der Waals surface area contributed by atoms with Crippen molar-refractivity contribution in [2.75, 3.05) is 0 Å². The summed E-state index contributed by atoms with van der Waals surface area (Å²) in [6.45, 7) is 0. The highest BCUT2D eigenvalue weighted by molar-refractivity contribution is 5.73. The summed E-state index contributed by atoms with van der Waals surface area (Å²) in [6, 6.07) is 56.2. The topological polar surface area (TPSA) is 77.3 Å². The molecule has 3 fully saturated rings. The van der Waals surface area contributed by atoms with E-state index in [2.05, 4.69) is 84.9 Å². The second-order valence-corrected chi connectivity index (χ2v) is 15.2. The Morgan fingerprint density at radius 3 is 1.00 bits per heavy atom. The van der Waals surface area contributed by atoms with Crippen molar-refractivity contribution in [3.8, 4) is 79.5 Å². The molecule has 0 saturated heterocycles. The van der Waals surface area contributed by atoms with Crippen molar-refractivity contribution in [1.82, 2.24) is 29.9 Å². The zero-order valence-electron chi connectivity index (χ0n) is 30.1. The summed E-state index contributed by atoms with van der Waals surface area (Å²) in [7, 11) is 0. The first-order valence-electron chi connectivity index (χ1n) is 19.2. The molecule has 6 heteroatoms. The summed E-state index contributed by atoms with van der Waals surface area (Å²) in [4.78, 5) is 29.7. The second kappa shape index (κ2) is 13.0. The van der Waals surface area contributed by atoms with E-state index in [-0.39, 0.29) is 0 Å². The highest BCUT2D eigenvalue weighted by atomic mass is 15.0. The van der Waals surface area contributed by atoms with Gasteiger partial charge in [0, 0.05) is 33.4 Å². The number of benzene rings is 6. The average Bonchev–Trinajstić information content (AvgIpc) is 3.27. The van der Waals surface area contributed by atoms with Gasteiger partial charge in [0.25, 0.3) is 0 Å². The standard InChI is InChI=1S/C49H36N6/c1-4-11-32(12-5-1)44-50-45(33-13-6-2-7-14-33)52-47(51-44)35-23-19-30(20-24-35)31-21-25-36(26-22-31)48-53-46(34-15-8-3-9-16-34)54-49(55-48)38-18-10-17-37(27-38)42-40-28-39-29-41(42)43(39)40/h1-27,39-43H,28-29H2. The lowest BCUT2D eigenvalue weighted by atomic mass is 9.31. The third-order valence-corrected chi connectivity index (χ3v) is 12.1. The van der Waals surface area contributed by atoms with Crippen LogP contribution in [0.2, 0.25) is 0 Å². The normalized spacial score (nSPS) is 20.4. The zero-order valence-corrected chi connectivity index (χ0v) is 30.1. The molecule has 2 atom stereocenters. The Kier molecular flexibility index (Phi) is 7.54. The van der Waals surface area contributed by atoms with Crippen molar-refractivity contribution >= 4 is 0 Å². The molecule has 6 nitrogen and oxygen atoms in total. The van der Waals surface area contributed by atoms with Gasteiger partial charge in [-0.3, -0.25) is 0 Å². The Morgan fingerprint density at radius 1 is 0.309 bits per heavy atom. The summed E-state index contributed by atoms with van der Waals surface area (Å²) in [5.41, 5.74) is 9.44. The summed E-state index contributed by atoms with van der Waals surface area (Å²) in [5, 5.41) is 0. The van der Waals surface area contributed by atoms with Crippen LogP contribution in [-0.2, 0) is 0 Å². The van der Waals surface area contributed by atoms with Gasteiger partial charge in [-0.1, -0.05) is 158 Å². The van der Waals surface area contributed by atoms with Gasteiger partial charge >= 0.3 is 0 Å². The minimum atomic E-state index is 0.636. The number of nitrogens with zero attached hydrogens (tertiary/aromatic N) is 6. The van der Waals surface area contributed by atoms with Crippen LogP contribution in [0.3, 0.4) is 0 Å². The van der Waals surface area contributed by atoms with E-state index in [0.29, 0.717) is 40.9 Å². The van der Waals surface area contributed by atoms with Crippen LogP contribution in [0, 0.1) is 23.7 Å². The molecular weight excluding hydrogens is 673 g/mol. The minimum absolute atomic E-state index is 0.636. The molecule has 0 spiro atoms. The average molecular weight is 709 g/mol. The molecule has 0 amide bonds. The van der Waals surface area contributed by atoms with Crippen molar-refractivity contribution in [3.05, 3.63) is 169 Å². The van der Waals surface area contributed by atoms with E-state index in [1.54, 1.807) is 0 Å². The van der Waals surface area contributed by atoms with Gasteiger partial charge in [0.1, 0.15) is 0 Å². The van der Waals surface area contributed by atoms with Crippen molar-refractivity contribution in [2.24, 2.45) is 23.7 Å². The summed E-state index contributed by atoms with van der Waals surface area (Å²) in [6.07, 6.45) is 2.82. The maximum Gasteiger partial charge on any atom is 0.164 e. The van der Waals surface area contributed by atoms with Crippen LogP contribution in [-0.4, -0.2) is 29.9 Å². The predicted molar refractivity (Wildman–Crippen MR) is 217 cm³/mol. The molecule has 6 aromatic carbocycles. The molecule has 2 aromatic heterocycles. The van der Waals surface area contributed by atoms with Crippen LogP contribution in [0.15, 0.2) is 164 Å². The van der Waals surface area contributed by atoms with E-state index in [1.807, 2.05) is 78.9 Å². The Labute approximate surface area is 320 Å². The monoisotopic (exact) mass is 708 g/mol. The van der Waals surface area contributed by atoms with Crippen molar-refractivity contribution in [1.29, 1.82) is 0 Å². The number of hydrogen-bond acceptors (Lipinski definition) is 6. The molecule has 0 aliphatic heterocycles. The third kappa shape index (κ3) is 5.64. The van der Waals surface area contributed by atoms with E-state index in [1.165, 1.54) is 18.4 Å². The fourth-order valence-corrected chi connectivity index (χ4v) is 9.28. The van der Waals surface area contributed by atoms with Gasteiger partial charge in [0.05, 0.1) is 0 Å². The SMILES string of the molecule is c1ccc(-c2nc(-c3ccccc3)nc(-c3ccc(-c4ccc(-c5nc(-c6ccccc6)nc(-c6cccc(C7C8CC9CC7C98)c6)n5)cc4)cc3)n2)cc1. The maximum atomic E-state index is 5.08. The van der Waals surface area contributed by atoms with Gasteiger partial charge in [-0.05, 0) is 65.2 Å². The molecular formula is C49H36N6. The molecule has 8 aromatic rings. The van der Waals surface area contributed by atoms with Crippen molar-refractivity contribution in [2.45, 2.75) is 18.8 Å². The van der Waals surface area contributed by atoms with Gasteiger partial charge in [0.15, 0.2) is 34.9 Å². The summed E-state index contributed by atoms with van der Waals surface area (Å²) >= 11 is 0. The first kappa shape index (κ1) is 31.8. The Bertz CT molecular complexity index is 2590. The fraction of sp³-hybridized carbons (Fsp3) is 0.143. The molecule has 3 saturated carbocycles. The molecule has 0 N–H and O–H groups in total. The summed E-state index contributed by atoms with van der Waals surface area (Å²) in [5.74, 6) is 8.47. The van der Waals surface area contributed by atoms with E-state index >= 15 is 0 Å². The minimum Gasteiger partial charge on any atom is -0.208 e. The van der Waals surface area contributed by atoms with Crippen LogP contribution < -0.4 is 0 Å². The van der Waals surface area contributed by atoms with E-state index in [0.717, 1.165) is 68.2 Å². The lowest BCUT2D eigenvalue weighted by Crippen LogP contribution is -2.65.